The van der Waals surface area contributed by atoms with Crippen LogP contribution >= 0.6 is 0 Å². The number of hydrogen-bond donors (Lipinski definition) is 0. The van der Waals surface area contributed by atoms with Crippen LogP contribution in [0.4, 0.5) is 17.1 Å². The van der Waals surface area contributed by atoms with Gasteiger partial charge in [-0.1, -0.05) is 140 Å². The van der Waals surface area contributed by atoms with Crippen molar-refractivity contribution in [2.75, 3.05) is 4.90 Å². The van der Waals surface area contributed by atoms with Crippen molar-refractivity contribution >= 4 is 49.8 Å². The van der Waals surface area contributed by atoms with E-state index in [1.807, 2.05) is 0 Å². The summed E-state index contributed by atoms with van der Waals surface area (Å²) in [6.45, 7) is 0. The summed E-state index contributed by atoms with van der Waals surface area (Å²) in [5.41, 5.74) is 12.0. The van der Waals surface area contributed by atoms with E-state index in [-0.39, 0.29) is 0 Å². The van der Waals surface area contributed by atoms with Crippen LogP contribution in [0, 0.1) is 0 Å². The molecule has 0 aliphatic carbocycles. The van der Waals surface area contributed by atoms with Gasteiger partial charge < -0.3 is 9.32 Å². The van der Waals surface area contributed by atoms with Gasteiger partial charge in [-0.05, 0) is 87.3 Å². The maximum Gasteiger partial charge on any atom is 0.143 e. The molecule has 0 fully saturated rings. The predicted molar refractivity (Wildman–Crippen MR) is 202 cm³/mol. The smallest absolute Gasteiger partial charge is 0.143 e. The van der Waals surface area contributed by atoms with E-state index in [1.54, 1.807) is 0 Å². The second-order valence-corrected chi connectivity index (χ2v) is 12.2. The Labute approximate surface area is 279 Å². The van der Waals surface area contributed by atoms with Gasteiger partial charge >= 0.3 is 0 Å². The van der Waals surface area contributed by atoms with Gasteiger partial charge in [0.05, 0.1) is 11.1 Å². The van der Waals surface area contributed by atoms with Gasteiger partial charge in [0, 0.05) is 22.1 Å². The quantitative estimate of drug-likeness (QED) is 0.185. The highest BCUT2D eigenvalue weighted by molar-refractivity contribution is 6.19. The van der Waals surface area contributed by atoms with Crippen molar-refractivity contribution in [3.05, 3.63) is 188 Å². The average Bonchev–Trinajstić information content (AvgIpc) is 3.56. The van der Waals surface area contributed by atoms with Crippen LogP contribution in [-0.2, 0) is 0 Å². The van der Waals surface area contributed by atoms with E-state index in [0.717, 1.165) is 61.1 Å². The first-order chi connectivity index (χ1) is 23.8. The molecule has 0 aliphatic rings. The summed E-state index contributed by atoms with van der Waals surface area (Å²) in [5.74, 6) is 0. The zero-order valence-electron chi connectivity index (χ0n) is 26.3. The normalized spacial score (nSPS) is 11.3. The Kier molecular flexibility index (Phi) is 6.84. The third-order valence-electron chi connectivity index (χ3n) is 9.21. The molecule has 0 aliphatic heterocycles. The number of benzene rings is 8. The average molecular weight is 614 g/mol. The fourth-order valence-electron chi connectivity index (χ4n) is 6.94. The Morgan fingerprint density at radius 1 is 0.354 bits per heavy atom. The van der Waals surface area contributed by atoms with E-state index in [9.17, 15) is 0 Å². The molecule has 2 nitrogen and oxygen atoms in total. The van der Waals surface area contributed by atoms with Gasteiger partial charge in [0.25, 0.3) is 0 Å². The zero-order chi connectivity index (χ0) is 31.9. The lowest BCUT2D eigenvalue weighted by Crippen LogP contribution is -2.11. The number of rotatable bonds is 6. The van der Waals surface area contributed by atoms with E-state index >= 15 is 0 Å². The van der Waals surface area contributed by atoms with Gasteiger partial charge in [-0.15, -0.1) is 0 Å². The maximum absolute atomic E-state index is 6.68. The monoisotopic (exact) mass is 613 g/mol. The summed E-state index contributed by atoms with van der Waals surface area (Å²) in [7, 11) is 0. The summed E-state index contributed by atoms with van der Waals surface area (Å²) in [5, 5.41) is 4.48. The SMILES string of the molecule is c1ccc(-c2cccc(N(c3cc(-c4ccccc4)cc(-c4ccccc4)c3)c3cccc4oc5c6ccccc6ccc5c34)c2)cc1. The van der Waals surface area contributed by atoms with Crippen molar-refractivity contribution < 1.29 is 4.42 Å². The van der Waals surface area contributed by atoms with Crippen molar-refractivity contribution in [3.63, 3.8) is 0 Å². The summed E-state index contributed by atoms with van der Waals surface area (Å²) < 4.78 is 6.68. The zero-order valence-corrected chi connectivity index (χ0v) is 26.3. The third kappa shape index (κ3) is 4.92. The molecule has 0 bridgehead atoms. The topological polar surface area (TPSA) is 16.4 Å². The van der Waals surface area contributed by atoms with Crippen molar-refractivity contribution in [1.82, 2.24) is 0 Å². The third-order valence-corrected chi connectivity index (χ3v) is 9.21. The largest absolute Gasteiger partial charge is 0.455 e. The molecule has 0 N–H and O–H groups in total. The lowest BCUT2D eigenvalue weighted by molar-refractivity contribution is 0.672. The summed E-state index contributed by atoms with van der Waals surface area (Å²) in [4.78, 5) is 2.40. The van der Waals surface area contributed by atoms with Crippen LogP contribution in [0.3, 0.4) is 0 Å². The lowest BCUT2D eigenvalue weighted by atomic mass is 9.96. The molecule has 9 aromatic rings. The summed E-state index contributed by atoms with van der Waals surface area (Å²) in [6, 6.07) is 66.9. The van der Waals surface area contributed by atoms with Gasteiger partial charge in [0.15, 0.2) is 0 Å². The maximum atomic E-state index is 6.68. The number of furan rings is 1. The molecule has 48 heavy (non-hydrogen) atoms. The molecule has 8 aromatic carbocycles. The van der Waals surface area contributed by atoms with Crippen LogP contribution in [0.15, 0.2) is 192 Å². The first-order valence-corrected chi connectivity index (χ1v) is 16.3. The van der Waals surface area contributed by atoms with Crippen molar-refractivity contribution in [2.45, 2.75) is 0 Å². The van der Waals surface area contributed by atoms with Gasteiger partial charge in [0.2, 0.25) is 0 Å². The van der Waals surface area contributed by atoms with Crippen LogP contribution in [0.1, 0.15) is 0 Å². The predicted octanol–water partition coefficient (Wildman–Crippen LogP) is 13.2. The fourth-order valence-corrected chi connectivity index (χ4v) is 6.94. The van der Waals surface area contributed by atoms with Crippen LogP contribution in [0.5, 0.6) is 0 Å². The molecular weight excluding hydrogens is 583 g/mol. The standard InChI is InChI=1S/C46H31NO/c1-4-14-32(15-5-1)36-21-12-22-39(29-36)47(40-30-37(33-16-6-2-7-17-33)28-38(31-40)34-18-8-3-9-19-34)43-24-13-25-44-45(43)42-27-26-35-20-10-11-23-41(35)46(42)48-44/h1-31H. The number of hydrogen-bond acceptors (Lipinski definition) is 2. The lowest BCUT2D eigenvalue weighted by Gasteiger charge is -2.28. The van der Waals surface area contributed by atoms with E-state index in [4.69, 9.17) is 4.42 Å². The molecular formula is C46H31NO. The summed E-state index contributed by atoms with van der Waals surface area (Å²) in [6.07, 6.45) is 0. The minimum atomic E-state index is 0.866. The molecule has 0 saturated heterocycles. The molecule has 1 heterocycles. The van der Waals surface area contributed by atoms with Gasteiger partial charge in [0.1, 0.15) is 11.2 Å². The Hall–Kier alpha value is -6.38. The molecule has 1 aromatic heterocycles. The highest BCUT2D eigenvalue weighted by Crippen LogP contribution is 2.46. The molecule has 2 heteroatoms. The highest BCUT2D eigenvalue weighted by atomic mass is 16.3. The molecule has 0 unspecified atom stereocenters. The minimum absolute atomic E-state index is 0.866. The Bertz CT molecular complexity index is 2490. The molecule has 9 rings (SSSR count). The van der Waals surface area contributed by atoms with Crippen molar-refractivity contribution in [1.29, 1.82) is 0 Å². The number of anilines is 3. The van der Waals surface area contributed by atoms with Gasteiger partial charge in [-0.2, -0.15) is 0 Å². The summed E-state index contributed by atoms with van der Waals surface area (Å²) >= 11 is 0. The van der Waals surface area contributed by atoms with E-state index in [0.29, 0.717) is 0 Å². The van der Waals surface area contributed by atoms with E-state index < -0.39 is 0 Å². The van der Waals surface area contributed by atoms with Crippen LogP contribution < -0.4 is 4.90 Å². The molecule has 0 atom stereocenters. The first kappa shape index (κ1) is 27.9. The van der Waals surface area contributed by atoms with Crippen LogP contribution in [0.2, 0.25) is 0 Å². The Balaban J connectivity index is 1.35. The second kappa shape index (κ2) is 11.8. The van der Waals surface area contributed by atoms with Crippen LogP contribution in [-0.4, -0.2) is 0 Å². The molecule has 0 spiro atoms. The van der Waals surface area contributed by atoms with Gasteiger partial charge in [-0.3, -0.25) is 0 Å². The molecule has 0 amide bonds. The van der Waals surface area contributed by atoms with Crippen molar-refractivity contribution in [2.24, 2.45) is 0 Å². The van der Waals surface area contributed by atoms with Crippen LogP contribution in [0.25, 0.3) is 66.1 Å². The Morgan fingerprint density at radius 3 is 1.60 bits per heavy atom. The van der Waals surface area contributed by atoms with E-state index in [2.05, 4.69) is 193 Å². The molecule has 226 valence electrons. The fraction of sp³-hybridized carbons (Fsp3) is 0. The van der Waals surface area contributed by atoms with Gasteiger partial charge in [-0.25, -0.2) is 0 Å². The Morgan fingerprint density at radius 2 is 0.917 bits per heavy atom. The van der Waals surface area contributed by atoms with Crippen molar-refractivity contribution in [3.8, 4) is 33.4 Å². The molecule has 0 radical (unpaired) electrons. The first-order valence-electron chi connectivity index (χ1n) is 16.3. The molecule has 0 saturated carbocycles. The highest BCUT2D eigenvalue weighted by Gasteiger charge is 2.22. The minimum Gasteiger partial charge on any atom is -0.455 e. The number of nitrogens with zero attached hydrogens (tertiary/aromatic N) is 1. The number of fused-ring (bicyclic) bond motifs is 5. The van der Waals surface area contributed by atoms with E-state index in [1.165, 1.54) is 22.1 Å². The second-order valence-electron chi connectivity index (χ2n) is 12.2.